The molecule has 1 heterocycles. The number of urea groups is 1. The molecule has 24 heavy (non-hydrogen) atoms. The average Bonchev–Trinajstić information content (AvgIpc) is 2.90. The van der Waals surface area contributed by atoms with Gasteiger partial charge in [0.2, 0.25) is 0 Å². The summed E-state index contributed by atoms with van der Waals surface area (Å²) in [6.45, 7) is 1.99. The quantitative estimate of drug-likeness (QED) is 0.679. The van der Waals surface area contributed by atoms with E-state index in [1.165, 1.54) is 6.33 Å². The third kappa shape index (κ3) is 3.69. The molecule has 0 saturated heterocycles. The maximum Gasteiger partial charge on any atom is 0.323 e. The van der Waals surface area contributed by atoms with Crippen molar-refractivity contribution in [3.05, 3.63) is 70.7 Å². The van der Waals surface area contributed by atoms with Crippen molar-refractivity contribution in [3.8, 4) is 5.69 Å². The zero-order valence-corrected chi connectivity index (χ0v) is 14.3. The minimum Gasteiger partial charge on any atom is -0.308 e. The molecule has 122 valence electrons. The van der Waals surface area contributed by atoms with E-state index < -0.39 is 0 Å². The van der Waals surface area contributed by atoms with Crippen LogP contribution in [0.15, 0.2) is 54.9 Å². The topological polar surface area (TPSA) is 59.0 Å². The summed E-state index contributed by atoms with van der Waals surface area (Å²) in [5.41, 5.74) is 3.32. The Morgan fingerprint density at radius 2 is 1.50 bits per heavy atom. The molecule has 0 unspecified atom stereocenters. The molecule has 3 rings (SSSR count). The number of aromatic nitrogens is 2. The predicted molar refractivity (Wildman–Crippen MR) is 97.4 cm³/mol. The largest absolute Gasteiger partial charge is 0.323 e. The molecule has 0 aliphatic carbocycles. The molecule has 0 radical (unpaired) electrons. The summed E-state index contributed by atoms with van der Waals surface area (Å²) in [4.78, 5) is 15.9. The second-order valence-electron chi connectivity index (χ2n) is 5.19. The smallest absolute Gasteiger partial charge is 0.308 e. The van der Waals surface area contributed by atoms with E-state index >= 15 is 0 Å². The number of imidazole rings is 1. The Morgan fingerprint density at radius 1 is 0.958 bits per heavy atom. The highest BCUT2D eigenvalue weighted by molar-refractivity contribution is 6.40. The highest BCUT2D eigenvalue weighted by Crippen LogP contribution is 2.24. The zero-order valence-electron chi connectivity index (χ0n) is 12.8. The van der Waals surface area contributed by atoms with Crippen LogP contribution >= 0.6 is 23.2 Å². The lowest BCUT2D eigenvalue weighted by atomic mass is 10.2. The number of carbonyl (C=O) groups is 1. The maximum absolute atomic E-state index is 12.0. The molecule has 0 fully saturated rings. The number of nitrogens with zero attached hydrogens (tertiary/aromatic N) is 2. The Labute approximate surface area is 149 Å². The summed E-state index contributed by atoms with van der Waals surface area (Å²) in [7, 11) is 0. The lowest BCUT2D eigenvalue weighted by molar-refractivity contribution is 0.262. The molecule has 1 aromatic heterocycles. The Bertz CT molecular complexity index is 857. The molecule has 0 aliphatic rings. The van der Waals surface area contributed by atoms with Crippen LogP contribution in [0.2, 0.25) is 10.3 Å². The van der Waals surface area contributed by atoms with E-state index in [2.05, 4.69) is 15.6 Å². The highest BCUT2D eigenvalue weighted by Gasteiger charge is 2.08. The monoisotopic (exact) mass is 360 g/mol. The van der Waals surface area contributed by atoms with E-state index in [-0.39, 0.29) is 11.2 Å². The molecule has 3 aromatic rings. The van der Waals surface area contributed by atoms with Crippen LogP contribution in [0, 0.1) is 6.92 Å². The van der Waals surface area contributed by atoms with Gasteiger partial charge in [-0.15, -0.1) is 0 Å². The predicted octanol–water partition coefficient (Wildman–Crippen LogP) is 5.13. The number of rotatable bonds is 3. The van der Waals surface area contributed by atoms with Crippen molar-refractivity contribution >= 4 is 40.6 Å². The molecule has 0 spiro atoms. The molecule has 2 N–H and O–H groups in total. The number of nitrogens with one attached hydrogen (secondary N) is 2. The van der Waals surface area contributed by atoms with Gasteiger partial charge in [0.05, 0.1) is 0 Å². The maximum atomic E-state index is 12.0. The van der Waals surface area contributed by atoms with Gasteiger partial charge in [-0.25, -0.2) is 9.78 Å². The summed E-state index contributed by atoms with van der Waals surface area (Å²) >= 11 is 11.9. The number of anilines is 2. The van der Waals surface area contributed by atoms with Crippen molar-refractivity contribution in [2.75, 3.05) is 10.6 Å². The third-order valence-corrected chi connectivity index (χ3v) is 4.12. The van der Waals surface area contributed by atoms with Crippen molar-refractivity contribution in [1.29, 1.82) is 0 Å². The zero-order chi connectivity index (χ0) is 17.1. The fraction of sp³-hybridized carbons (Fsp3) is 0.0588. The Morgan fingerprint density at radius 3 is 2.00 bits per heavy atom. The minimum atomic E-state index is -0.310. The first-order valence-electron chi connectivity index (χ1n) is 7.16. The van der Waals surface area contributed by atoms with Gasteiger partial charge < -0.3 is 10.6 Å². The van der Waals surface area contributed by atoms with Crippen molar-refractivity contribution in [1.82, 2.24) is 9.55 Å². The van der Waals surface area contributed by atoms with Gasteiger partial charge in [-0.3, -0.25) is 4.57 Å². The summed E-state index contributed by atoms with van der Waals surface area (Å²) in [5, 5.41) is 6.13. The lowest BCUT2D eigenvalue weighted by Gasteiger charge is -2.09. The first-order valence-corrected chi connectivity index (χ1v) is 7.92. The standard InChI is InChI=1S/C17H14Cl2N4O/c1-11-2-4-12(5-3-11)21-17(24)22-13-6-8-14(9-7-13)23-10-20-15(18)16(23)19/h2-10H,1H3,(H2,21,22,24). The second-order valence-corrected chi connectivity index (χ2v) is 5.90. The van der Waals surface area contributed by atoms with E-state index in [1.807, 2.05) is 43.3 Å². The lowest BCUT2D eigenvalue weighted by Crippen LogP contribution is -2.19. The molecular formula is C17H14Cl2N4O. The van der Waals surface area contributed by atoms with E-state index in [9.17, 15) is 4.79 Å². The number of halogens is 2. The van der Waals surface area contributed by atoms with Gasteiger partial charge in [0, 0.05) is 17.1 Å². The van der Waals surface area contributed by atoms with Crippen LogP contribution < -0.4 is 10.6 Å². The molecule has 0 atom stereocenters. The van der Waals surface area contributed by atoms with Crippen molar-refractivity contribution in [2.24, 2.45) is 0 Å². The van der Waals surface area contributed by atoms with Crippen molar-refractivity contribution in [3.63, 3.8) is 0 Å². The molecule has 0 bridgehead atoms. The Kier molecular flexibility index (Phi) is 4.74. The van der Waals surface area contributed by atoms with Crippen LogP contribution in [-0.2, 0) is 0 Å². The van der Waals surface area contributed by atoms with Crippen LogP contribution in [0.5, 0.6) is 0 Å². The average molecular weight is 361 g/mol. The van der Waals surface area contributed by atoms with Crippen LogP contribution in [-0.4, -0.2) is 15.6 Å². The fourth-order valence-electron chi connectivity index (χ4n) is 2.13. The Hall–Kier alpha value is -2.50. The Balaban J connectivity index is 1.66. The number of carbonyl (C=O) groups excluding carboxylic acids is 1. The van der Waals surface area contributed by atoms with Crippen molar-refractivity contribution < 1.29 is 4.79 Å². The van der Waals surface area contributed by atoms with E-state index in [0.717, 1.165) is 16.9 Å². The number of benzene rings is 2. The van der Waals surface area contributed by atoms with E-state index in [1.54, 1.807) is 16.7 Å². The first-order chi connectivity index (χ1) is 11.5. The van der Waals surface area contributed by atoms with Crippen LogP contribution in [0.3, 0.4) is 0 Å². The number of hydrogen-bond donors (Lipinski definition) is 2. The third-order valence-electron chi connectivity index (χ3n) is 3.38. The van der Waals surface area contributed by atoms with Gasteiger partial charge in [0.25, 0.3) is 0 Å². The van der Waals surface area contributed by atoms with E-state index in [4.69, 9.17) is 23.2 Å². The summed E-state index contributed by atoms with van der Waals surface area (Å²) < 4.78 is 1.65. The molecule has 7 heteroatoms. The second kappa shape index (κ2) is 6.95. The van der Waals surface area contributed by atoms with Crippen LogP contribution in [0.4, 0.5) is 16.2 Å². The highest BCUT2D eigenvalue weighted by atomic mass is 35.5. The molecule has 0 aliphatic heterocycles. The van der Waals surface area contributed by atoms with Gasteiger partial charge >= 0.3 is 6.03 Å². The minimum absolute atomic E-state index is 0.247. The molecule has 5 nitrogen and oxygen atoms in total. The van der Waals surface area contributed by atoms with Gasteiger partial charge in [0.15, 0.2) is 10.3 Å². The SMILES string of the molecule is Cc1ccc(NC(=O)Nc2ccc(-n3cnc(Cl)c3Cl)cc2)cc1. The molecule has 0 saturated carbocycles. The van der Waals surface area contributed by atoms with Gasteiger partial charge in [-0.2, -0.15) is 0 Å². The summed E-state index contributed by atoms with van der Waals surface area (Å²) in [5.74, 6) is 0. The number of hydrogen-bond acceptors (Lipinski definition) is 2. The summed E-state index contributed by atoms with van der Waals surface area (Å²) in [6, 6.07) is 14.4. The molecule has 2 amide bonds. The normalized spacial score (nSPS) is 10.5. The van der Waals surface area contributed by atoms with Crippen LogP contribution in [0.1, 0.15) is 5.56 Å². The number of amides is 2. The first kappa shape index (κ1) is 16.4. The van der Waals surface area contributed by atoms with E-state index in [0.29, 0.717) is 10.8 Å². The van der Waals surface area contributed by atoms with Crippen LogP contribution in [0.25, 0.3) is 5.69 Å². The number of aryl methyl sites for hydroxylation is 1. The fourth-order valence-corrected chi connectivity index (χ4v) is 2.45. The van der Waals surface area contributed by atoms with Gasteiger partial charge in [0.1, 0.15) is 6.33 Å². The summed E-state index contributed by atoms with van der Waals surface area (Å²) in [6.07, 6.45) is 1.54. The molecular weight excluding hydrogens is 347 g/mol. The van der Waals surface area contributed by atoms with Gasteiger partial charge in [-0.05, 0) is 43.3 Å². The molecule has 2 aromatic carbocycles. The van der Waals surface area contributed by atoms with Crippen molar-refractivity contribution in [2.45, 2.75) is 6.92 Å². The van der Waals surface area contributed by atoms with Gasteiger partial charge in [-0.1, -0.05) is 40.9 Å².